The fourth-order valence-corrected chi connectivity index (χ4v) is 2.53. The highest BCUT2D eigenvalue weighted by molar-refractivity contribution is 5.80. The average Bonchev–Trinajstić information content (AvgIpc) is 2.88. The fourth-order valence-electron chi connectivity index (χ4n) is 2.53. The number of likely N-dealkylation sites (tertiary alicyclic amines) is 1. The fraction of sp³-hybridized carbons (Fsp3) is 0.467. The zero-order valence-electron chi connectivity index (χ0n) is 11.4. The van der Waals surface area contributed by atoms with Crippen LogP contribution in [0.15, 0.2) is 30.3 Å². The molecule has 0 radical (unpaired) electrons. The van der Waals surface area contributed by atoms with Gasteiger partial charge in [-0.25, -0.2) is 0 Å². The van der Waals surface area contributed by atoms with E-state index >= 15 is 0 Å². The van der Waals surface area contributed by atoms with Gasteiger partial charge in [0.1, 0.15) is 6.04 Å². The molecular formula is C15H20N2O3. The van der Waals surface area contributed by atoms with Crippen LogP contribution in [0, 0.1) is 0 Å². The molecule has 1 amide bonds. The highest BCUT2D eigenvalue weighted by Gasteiger charge is 2.31. The second-order valence-electron chi connectivity index (χ2n) is 5.05. The summed E-state index contributed by atoms with van der Waals surface area (Å²) in [6.07, 6.45) is 2.26. The number of carboxylic acids is 1. The van der Waals surface area contributed by atoms with Crippen LogP contribution in [-0.4, -0.2) is 47.6 Å². The van der Waals surface area contributed by atoms with Crippen LogP contribution in [0.2, 0.25) is 0 Å². The van der Waals surface area contributed by atoms with Crippen molar-refractivity contribution in [3.05, 3.63) is 35.9 Å². The van der Waals surface area contributed by atoms with Crippen molar-refractivity contribution < 1.29 is 14.7 Å². The maximum absolute atomic E-state index is 11.8. The van der Waals surface area contributed by atoms with Crippen LogP contribution < -0.4 is 5.32 Å². The van der Waals surface area contributed by atoms with Crippen LogP contribution in [0.25, 0.3) is 0 Å². The molecule has 0 aliphatic carbocycles. The summed E-state index contributed by atoms with van der Waals surface area (Å²) in [4.78, 5) is 24.6. The van der Waals surface area contributed by atoms with Gasteiger partial charge in [-0.2, -0.15) is 0 Å². The largest absolute Gasteiger partial charge is 0.480 e. The lowest BCUT2D eigenvalue weighted by molar-refractivity contribution is -0.142. The van der Waals surface area contributed by atoms with E-state index < -0.39 is 12.0 Å². The summed E-state index contributed by atoms with van der Waals surface area (Å²) < 4.78 is 0. The van der Waals surface area contributed by atoms with Crippen molar-refractivity contribution in [3.8, 4) is 0 Å². The molecule has 0 unspecified atom stereocenters. The predicted molar refractivity (Wildman–Crippen MR) is 75.4 cm³/mol. The highest BCUT2D eigenvalue weighted by atomic mass is 16.4. The summed E-state index contributed by atoms with van der Waals surface area (Å²) in [6, 6.07) is 9.44. The molecule has 1 aromatic carbocycles. The summed E-state index contributed by atoms with van der Waals surface area (Å²) >= 11 is 0. The molecule has 108 valence electrons. The van der Waals surface area contributed by atoms with Crippen LogP contribution in [0.1, 0.15) is 18.4 Å². The highest BCUT2D eigenvalue weighted by Crippen LogP contribution is 2.16. The van der Waals surface area contributed by atoms with Gasteiger partial charge in [-0.3, -0.25) is 14.5 Å². The van der Waals surface area contributed by atoms with Crippen LogP contribution in [0.5, 0.6) is 0 Å². The number of hydrogen-bond acceptors (Lipinski definition) is 3. The van der Waals surface area contributed by atoms with Gasteiger partial charge < -0.3 is 10.4 Å². The topological polar surface area (TPSA) is 69.6 Å². The maximum Gasteiger partial charge on any atom is 0.320 e. The molecule has 1 aliphatic heterocycles. The van der Waals surface area contributed by atoms with Crippen molar-refractivity contribution in [2.24, 2.45) is 0 Å². The Morgan fingerprint density at radius 2 is 2.05 bits per heavy atom. The van der Waals surface area contributed by atoms with E-state index in [4.69, 9.17) is 5.11 Å². The van der Waals surface area contributed by atoms with Gasteiger partial charge in [-0.05, 0) is 31.4 Å². The first-order valence-electron chi connectivity index (χ1n) is 6.94. The van der Waals surface area contributed by atoms with E-state index in [2.05, 4.69) is 5.32 Å². The smallest absolute Gasteiger partial charge is 0.320 e. The molecular weight excluding hydrogens is 256 g/mol. The van der Waals surface area contributed by atoms with Crippen LogP contribution in [-0.2, 0) is 16.0 Å². The van der Waals surface area contributed by atoms with E-state index in [9.17, 15) is 9.59 Å². The Labute approximate surface area is 118 Å². The van der Waals surface area contributed by atoms with Crippen molar-refractivity contribution in [1.82, 2.24) is 10.2 Å². The average molecular weight is 276 g/mol. The number of carbonyl (C=O) groups is 2. The standard InChI is InChI=1S/C15H20N2O3/c18-14(11-17-10-4-7-13(17)15(19)20)16-9-8-12-5-2-1-3-6-12/h1-3,5-6,13H,4,7-11H2,(H,16,18)(H,19,20)/t13-/m0/s1. The van der Waals surface area contributed by atoms with Gasteiger partial charge in [0.25, 0.3) is 0 Å². The lowest BCUT2D eigenvalue weighted by atomic mass is 10.1. The van der Waals surface area contributed by atoms with E-state index in [0.717, 1.165) is 12.8 Å². The summed E-state index contributed by atoms with van der Waals surface area (Å²) in [5.41, 5.74) is 1.18. The quantitative estimate of drug-likeness (QED) is 0.810. The van der Waals surface area contributed by atoms with Crippen molar-refractivity contribution in [3.63, 3.8) is 0 Å². The molecule has 5 nitrogen and oxygen atoms in total. The molecule has 5 heteroatoms. The molecule has 0 bridgehead atoms. The van der Waals surface area contributed by atoms with Crippen LogP contribution in [0.3, 0.4) is 0 Å². The first-order valence-corrected chi connectivity index (χ1v) is 6.94. The van der Waals surface area contributed by atoms with E-state index in [-0.39, 0.29) is 12.5 Å². The van der Waals surface area contributed by atoms with E-state index in [1.54, 1.807) is 4.90 Å². The Kier molecular flexibility index (Phi) is 5.12. The number of nitrogens with one attached hydrogen (secondary N) is 1. The van der Waals surface area contributed by atoms with Crippen molar-refractivity contribution in [1.29, 1.82) is 0 Å². The molecule has 2 N–H and O–H groups in total. The number of carboxylic acid groups (broad SMARTS) is 1. The molecule has 0 aromatic heterocycles. The lowest BCUT2D eigenvalue weighted by Gasteiger charge is -2.20. The summed E-state index contributed by atoms with van der Waals surface area (Å²) in [5.74, 6) is -0.936. The Morgan fingerprint density at radius 1 is 1.30 bits per heavy atom. The first-order chi connectivity index (χ1) is 9.66. The molecule has 2 rings (SSSR count). The number of benzene rings is 1. The van der Waals surface area contributed by atoms with Gasteiger partial charge in [0.2, 0.25) is 5.91 Å². The molecule has 1 fully saturated rings. The Bertz CT molecular complexity index is 461. The third kappa shape index (κ3) is 4.06. The number of hydrogen-bond donors (Lipinski definition) is 2. The van der Waals surface area contributed by atoms with Gasteiger partial charge in [-0.15, -0.1) is 0 Å². The zero-order valence-corrected chi connectivity index (χ0v) is 11.4. The number of nitrogens with zero attached hydrogens (tertiary/aromatic N) is 1. The first kappa shape index (κ1) is 14.5. The minimum atomic E-state index is -0.834. The second-order valence-corrected chi connectivity index (χ2v) is 5.05. The molecule has 1 saturated heterocycles. The van der Waals surface area contributed by atoms with Crippen molar-refractivity contribution >= 4 is 11.9 Å². The van der Waals surface area contributed by atoms with E-state index in [1.165, 1.54) is 5.56 Å². The number of carbonyl (C=O) groups excluding carboxylic acids is 1. The second kappa shape index (κ2) is 7.05. The van der Waals surface area contributed by atoms with Gasteiger partial charge in [0.05, 0.1) is 6.54 Å². The molecule has 1 atom stereocenters. The summed E-state index contributed by atoms with van der Waals surface area (Å²) in [6.45, 7) is 1.43. The number of amides is 1. The normalized spacial score (nSPS) is 18.9. The third-order valence-electron chi connectivity index (χ3n) is 3.57. The third-order valence-corrected chi connectivity index (χ3v) is 3.57. The molecule has 1 heterocycles. The van der Waals surface area contributed by atoms with Crippen molar-refractivity contribution in [2.75, 3.05) is 19.6 Å². The zero-order chi connectivity index (χ0) is 14.4. The van der Waals surface area contributed by atoms with E-state index in [0.29, 0.717) is 19.5 Å². The maximum atomic E-state index is 11.8. The monoisotopic (exact) mass is 276 g/mol. The molecule has 0 spiro atoms. The molecule has 0 saturated carbocycles. The van der Waals surface area contributed by atoms with Crippen LogP contribution in [0.4, 0.5) is 0 Å². The summed E-state index contributed by atoms with van der Waals surface area (Å²) in [5, 5.41) is 11.9. The molecule has 1 aliphatic rings. The lowest BCUT2D eigenvalue weighted by Crippen LogP contribution is -2.43. The molecule has 1 aromatic rings. The van der Waals surface area contributed by atoms with Crippen molar-refractivity contribution in [2.45, 2.75) is 25.3 Å². The predicted octanol–water partition coefficient (Wildman–Crippen LogP) is 0.894. The number of rotatable bonds is 6. The Balaban J connectivity index is 1.71. The van der Waals surface area contributed by atoms with E-state index in [1.807, 2.05) is 30.3 Å². The Hall–Kier alpha value is -1.88. The Morgan fingerprint density at radius 3 is 2.75 bits per heavy atom. The minimum Gasteiger partial charge on any atom is -0.480 e. The van der Waals surface area contributed by atoms with Gasteiger partial charge in [0, 0.05) is 6.54 Å². The van der Waals surface area contributed by atoms with Gasteiger partial charge in [0.15, 0.2) is 0 Å². The number of aliphatic carboxylic acids is 1. The molecule has 20 heavy (non-hydrogen) atoms. The summed E-state index contributed by atoms with van der Waals surface area (Å²) in [7, 11) is 0. The minimum absolute atomic E-state index is 0.103. The van der Waals surface area contributed by atoms with Crippen LogP contribution >= 0.6 is 0 Å². The van der Waals surface area contributed by atoms with Gasteiger partial charge in [-0.1, -0.05) is 30.3 Å². The van der Waals surface area contributed by atoms with Gasteiger partial charge >= 0.3 is 5.97 Å². The SMILES string of the molecule is O=C(CN1CCC[C@H]1C(=O)O)NCCc1ccccc1.